The number of hydrogen-bond acceptors (Lipinski definition) is 6. The number of imidazole rings is 1. The van der Waals surface area contributed by atoms with E-state index in [1.165, 1.54) is 0 Å². The van der Waals surface area contributed by atoms with Crippen molar-refractivity contribution in [2.75, 3.05) is 20.2 Å². The largest absolute Gasteiger partial charge is 0.496 e. The Hall–Kier alpha value is -4.07. The van der Waals surface area contributed by atoms with E-state index in [1.807, 2.05) is 42.2 Å². The number of carbonyl (C=O) groups excluding carboxylic acids is 1. The zero-order chi connectivity index (χ0) is 24.2. The molecule has 5 rings (SSSR count). The Balaban J connectivity index is 1.31. The molecule has 1 unspecified atom stereocenters. The molecule has 1 aliphatic heterocycles. The third kappa shape index (κ3) is 5.06. The number of benzene rings is 1. The molecule has 4 aromatic rings. The lowest BCUT2D eigenvalue weighted by molar-refractivity contribution is 0.0705. The monoisotopic (exact) mass is 468 g/mol. The highest BCUT2D eigenvalue weighted by Crippen LogP contribution is 2.28. The number of likely N-dealkylation sites (tertiary alicyclic amines) is 1. The van der Waals surface area contributed by atoms with Crippen LogP contribution in [0.4, 0.5) is 0 Å². The predicted octanol–water partition coefficient (Wildman–Crippen LogP) is 4.19. The van der Waals surface area contributed by atoms with E-state index in [9.17, 15) is 4.79 Å². The number of piperidine rings is 1. The lowest BCUT2D eigenvalue weighted by Crippen LogP contribution is -2.39. The molecule has 4 heterocycles. The van der Waals surface area contributed by atoms with Gasteiger partial charge in [0, 0.05) is 66.5 Å². The minimum absolute atomic E-state index is 0.0177. The Bertz CT molecular complexity index is 1330. The maximum absolute atomic E-state index is 13.4. The number of ether oxygens (including phenoxy) is 1. The van der Waals surface area contributed by atoms with Gasteiger partial charge >= 0.3 is 0 Å². The van der Waals surface area contributed by atoms with Crippen molar-refractivity contribution in [3.63, 3.8) is 0 Å². The fourth-order valence-corrected chi connectivity index (χ4v) is 4.57. The molecule has 1 aromatic carbocycles. The van der Waals surface area contributed by atoms with E-state index in [1.54, 1.807) is 38.0 Å². The molecular weight excluding hydrogens is 440 g/mol. The summed E-state index contributed by atoms with van der Waals surface area (Å²) in [6.45, 7) is 3.29. The summed E-state index contributed by atoms with van der Waals surface area (Å²) >= 11 is 0. The van der Waals surface area contributed by atoms with Crippen LogP contribution in [0.15, 0.2) is 61.2 Å². The van der Waals surface area contributed by atoms with E-state index in [0.29, 0.717) is 30.0 Å². The van der Waals surface area contributed by atoms with E-state index >= 15 is 0 Å². The number of carbonyl (C=O) groups is 1. The van der Waals surface area contributed by atoms with Crippen molar-refractivity contribution in [2.45, 2.75) is 32.1 Å². The predicted molar refractivity (Wildman–Crippen MR) is 132 cm³/mol. The number of methoxy groups -OCH3 is 1. The van der Waals surface area contributed by atoms with Crippen molar-refractivity contribution < 1.29 is 9.53 Å². The van der Waals surface area contributed by atoms with Crippen LogP contribution in [0.25, 0.3) is 11.5 Å². The summed E-state index contributed by atoms with van der Waals surface area (Å²) in [5.74, 6) is 1.67. The van der Waals surface area contributed by atoms with Crippen molar-refractivity contribution >= 4 is 5.91 Å². The molecule has 1 amide bonds. The average Bonchev–Trinajstić information content (AvgIpc) is 3.35. The van der Waals surface area contributed by atoms with Gasteiger partial charge in [-0.1, -0.05) is 18.2 Å². The topological polar surface area (TPSA) is 96.9 Å². The first-order chi connectivity index (χ1) is 17.1. The van der Waals surface area contributed by atoms with E-state index in [2.05, 4.69) is 19.9 Å². The molecule has 0 aliphatic carbocycles. The molecule has 1 aliphatic rings. The van der Waals surface area contributed by atoms with E-state index in [0.717, 1.165) is 47.8 Å². The van der Waals surface area contributed by atoms with Gasteiger partial charge in [-0.25, -0.2) is 9.97 Å². The van der Waals surface area contributed by atoms with E-state index in [-0.39, 0.29) is 11.8 Å². The van der Waals surface area contributed by atoms with Crippen LogP contribution in [0, 0.1) is 6.92 Å². The molecule has 0 saturated carbocycles. The molecule has 0 spiro atoms. The highest BCUT2D eigenvalue weighted by Gasteiger charge is 2.27. The van der Waals surface area contributed by atoms with Crippen molar-refractivity contribution in [1.82, 2.24) is 29.8 Å². The number of aromatic amines is 1. The number of para-hydroxylation sites is 1. The van der Waals surface area contributed by atoms with Crippen molar-refractivity contribution in [3.8, 4) is 17.3 Å². The van der Waals surface area contributed by atoms with Gasteiger partial charge in [-0.15, -0.1) is 0 Å². The van der Waals surface area contributed by atoms with Gasteiger partial charge in [0.2, 0.25) is 0 Å². The third-order valence-electron chi connectivity index (χ3n) is 6.35. The molecule has 8 nitrogen and oxygen atoms in total. The van der Waals surface area contributed by atoms with Crippen LogP contribution in [0.5, 0.6) is 5.75 Å². The smallest absolute Gasteiger partial charge is 0.253 e. The highest BCUT2D eigenvalue weighted by molar-refractivity contribution is 5.94. The van der Waals surface area contributed by atoms with Gasteiger partial charge in [-0.3, -0.25) is 14.8 Å². The Morgan fingerprint density at radius 2 is 2.06 bits per heavy atom. The van der Waals surface area contributed by atoms with Crippen LogP contribution < -0.4 is 4.74 Å². The SMILES string of the molecule is COc1ccccc1Cc1cc(C(=O)N2CCCC(c3cncc(-c4ncc(C)[nH]4)n3)C2)ccn1. The van der Waals surface area contributed by atoms with E-state index < -0.39 is 0 Å². The lowest BCUT2D eigenvalue weighted by atomic mass is 9.94. The molecule has 0 bridgehead atoms. The first-order valence-electron chi connectivity index (χ1n) is 11.8. The molecule has 1 atom stereocenters. The van der Waals surface area contributed by atoms with Crippen LogP contribution in [0.3, 0.4) is 0 Å². The first kappa shape index (κ1) is 22.7. The second-order valence-electron chi connectivity index (χ2n) is 8.86. The summed E-state index contributed by atoms with van der Waals surface area (Å²) in [5, 5.41) is 0. The first-order valence-corrected chi connectivity index (χ1v) is 11.8. The Labute approximate surface area is 204 Å². The standard InChI is InChI=1S/C27H28N6O2/c1-18-14-30-26(31-18)24-16-28-15-23(32-24)21-7-5-11-33(17-21)27(34)20-9-10-29-22(13-20)12-19-6-3-4-8-25(19)35-2/h3-4,6,8-10,13-16,21H,5,7,11-12,17H2,1-2H3,(H,30,31). The average molecular weight is 469 g/mol. The van der Waals surface area contributed by atoms with Gasteiger partial charge in [0.15, 0.2) is 5.82 Å². The zero-order valence-electron chi connectivity index (χ0n) is 19.9. The summed E-state index contributed by atoms with van der Waals surface area (Å²) in [5.41, 5.74) is 5.10. The summed E-state index contributed by atoms with van der Waals surface area (Å²) in [7, 11) is 1.66. The second-order valence-corrected chi connectivity index (χ2v) is 8.86. The summed E-state index contributed by atoms with van der Waals surface area (Å²) in [4.78, 5) is 36.6. The number of amides is 1. The lowest BCUT2D eigenvalue weighted by Gasteiger charge is -2.32. The molecule has 3 aromatic heterocycles. The van der Waals surface area contributed by atoms with Crippen LogP contribution in [0.1, 0.15) is 51.8 Å². The second kappa shape index (κ2) is 10.0. The molecule has 35 heavy (non-hydrogen) atoms. The fraction of sp³-hybridized carbons (Fsp3) is 0.296. The number of pyridine rings is 1. The highest BCUT2D eigenvalue weighted by atomic mass is 16.5. The normalized spacial score (nSPS) is 15.7. The number of hydrogen-bond donors (Lipinski definition) is 1. The quantitative estimate of drug-likeness (QED) is 0.456. The Morgan fingerprint density at radius 1 is 1.17 bits per heavy atom. The van der Waals surface area contributed by atoms with Crippen LogP contribution in [-0.4, -0.2) is 55.9 Å². The number of H-pyrrole nitrogens is 1. The van der Waals surface area contributed by atoms with Gasteiger partial charge < -0.3 is 14.6 Å². The molecule has 1 saturated heterocycles. The van der Waals surface area contributed by atoms with Crippen molar-refractivity contribution in [1.29, 1.82) is 0 Å². The Morgan fingerprint density at radius 3 is 2.89 bits per heavy atom. The van der Waals surface area contributed by atoms with Gasteiger partial charge in [0.1, 0.15) is 11.4 Å². The molecule has 8 heteroatoms. The molecule has 1 N–H and O–H groups in total. The van der Waals surface area contributed by atoms with Crippen LogP contribution in [0.2, 0.25) is 0 Å². The number of aryl methyl sites for hydroxylation is 1. The van der Waals surface area contributed by atoms with Gasteiger partial charge in [0.05, 0.1) is 19.0 Å². The van der Waals surface area contributed by atoms with Crippen LogP contribution >= 0.6 is 0 Å². The Kier molecular flexibility index (Phi) is 6.52. The summed E-state index contributed by atoms with van der Waals surface area (Å²) in [6, 6.07) is 11.5. The molecule has 178 valence electrons. The van der Waals surface area contributed by atoms with Crippen molar-refractivity contribution in [2.24, 2.45) is 0 Å². The number of aromatic nitrogens is 5. The summed E-state index contributed by atoms with van der Waals surface area (Å²) < 4.78 is 5.46. The molecule has 1 fully saturated rings. The maximum Gasteiger partial charge on any atom is 0.253 e. The van der Waals surface area contributed by atoms with Gasteiger partial charge in [-0.05, 0) is 38.0 Å². The fourth-order valence-electron chi connectivity index (χ4n) is 4.57. The number of nitrogens with one attached hydrogen (secondary N) is 1. The summed E-state index contributed by atoms with van der Waals surface area (Å²) in [6.07, 6.45) is 9.49. The number of rotatable bonds is 6. The number of nitrogens with zero attached hydrogens (tertiary/aromatic N) is 5. The molecular formula is C27H28N6O2. The van der Waals surface area contributed by atoms with E-state index in [4.69, 9.17) is 9.72 Å². The third-order valence-corrected chi connectivity index (χ3v) is 6.35. The molecule has 0 radical (unpaired) electrons. The maximum atomic E-state index is 13.4. The van der Waals surface area contributed by atoms with Gasteiger partial charge in [0.25, 0.3) is 5.91 Å². The minimum atomic E-state index is 0.0177. The van der Waals surface area contributed by atoms with Gasteiger partial charge in [-0.2, -0.15) is 0 Å². The van der Waals surface area contributed by atoms with Crippen LogP contribution in [-0.2, 0) is 6.42 Å². The minimum Gasteiger partial charge on any atom is -0.496 e. The van der Waals surface area contributed by atoms with Crippen molar-refractivity contribution in [3.05, 3.63) is 89.4 Å². The zero-order valence-corrected chi connectivity index (χ0v) is 19.9.